The van der Waals surface area contributed by atoms with Crippen LogP contribution in [0.2, 0.25) is 0 Å². The van der Waals surface area contributed by atoms with Crippen molar-refractivity contribution in [3.63, 3.8) is 0 Å². The first kappa shape index (κ1) is 8.63. The zero-order valence-corrected chi connectivity index (χ0v) is 7.39. The van der Waals surface area contributed by atoms with Crippen LogP contribution in [0.1, 0.15) is 5.82 Å². The summed E-state index contributed by atoms with van der Waals surface area (Å²) in [6.07, 6.45) is 0. The smallest absolute Gasteiger partial charge is 0.207 e. The number of H-pyrrole nitrogens is 1. The molecule has 2 rings (SSSR count). The van der Waals surface area contributed by atoms with Gasteiger partial charge < -0.3 is 10.5 Å². The zero-order chi connectivity index (χ0) is 9.97. The molecule has 0 amide bonds. The van der Waals surface area contributed by atoms with Crippen LogP contribution < -0.4 is 5.73 Å². The highest BCUT2D eigenvalue weighted by atomic mass is 16.6. The van der Waals surface area contributed by atoms with Crippen LogP contribution in [0.5, 0.6) is 0 Å². The molecule has 3 N–H and O–H groups in total. The van der Waals surface area contributed by atoms with Crippen LogP contribution in [-0.2, 0) is 11.3 Å². The highest BCUT2D eigenvalue weighted by Crippen LogP contribution is 2.16. The molecule has 0 aliphatic rings. The Morgan fingerprint density at radius 3 is 3.00 bits per heavy atom. The molecule has 8 nitrogen and oxygen atoms in total. The van der Waals surface area contributed by atoms with E-state index in [0.29, 0.717) is 23.9 Å². The minimum Gasteiger partial charge on any atom is -0.379 e. The van der Waals surface area contributed by atoms with Crippen molar-refractivity contribution in [3.05, 3.63) is 5.82 Å². The molecule has 0 saturated heterocycles. The van der Waals surface area contributed by atoms with Crippen molar-refractivity contribution >= 4 is 5.82 Å². The average Bonchev–Trinajstić information content (AvgIpc) is 2.74. The largest absolute Gasteiger partial charge is 0.379 e. The molecular weight excluding hydrogens is 188 g/mol. The van der Waals surface area contributed by atoms with Gasteiger partial charge in [-0.3, -0.25) is 5.10 Å². The van der Waals surface area contributed by atoms with Crippen LogP contribution in [0, 0.1) is 0 Å². The van der Waals surface area contributed by atoms with Crippen LogP contribution in [0.25, 0.3) is 11.5 Å². The number of rotatable bonds is 3. The predicted molar refractivity (Wildman–Crippen MR) is 44.8 cm³/mol. The Morgan fingerprint density at radius 1 is 1.50 bits per heavy atom. The van der Waals surface area contributed by atoms with E-state index in [4.69, 9.17) is 10.5 Å². The van der Waals surface area contributed by atoms with E-state index in [0.717, 1.165) is 0 Å². The second-order valence-electron chi connectivity index (χ2n) is 2.54. The van der Waals surface area contributed by atoms with Gasteiger partial charge in [0.05, 0.1) is 0 Å². The Kier molecular flexibility index (Phi) is 2.11. The molecule has 0 unspecified atom stereocenters. The molecule has 2 heterocycles. The molecule has 0 aromatic carbocycles. The minimum atomic E-state index is 0.160. The SMILES string of the molecule is COCc1nc(-c2nonc2N)n[nH]1. The zero-order valence-electron chi connectivity index (χ0n) is 7.39. The summed E-state index contributed by atoms with van der Waals surface area (Å²) in [6.45, 7) is 0.345. The predicted octanol–water partition coefficient (Wildman–Crippen LogP) is -0.417. The number of ether oxygens (including phenoxy) is 1. The van der Waals surface area contributed by atoms with E-state index in [1.54, 1.807) is 7.11 Å². The van der Waals surface area contributed by atoms with Gasteiger partial charge in [-0.05, 0) is 10.3 Å². The number of anilines is 1. The normalized spacial score (nSPS) is 10.6. The van der Waals surface area contributed by atoms with E-state index in [2.05, 4.69) is 30.1 Å². The molecule has 8 heteroatoms. The Labute approximate surface area is 78.4 Å². The van der Waals surface area contributed by atoms with Gasteiger partial charge in [-0.25, -0.2) is 9.61 Å². The molecule has 0 aliphatic carbocycles. The Bertz CT molecular complexity index is 421. The molecule has 0 radical (unpaired) electrons. The number of hydrogen-bond acceptors (Lipinski definition) is 7. The fourth-order valence-electron chi connectivity index (χ4n) is 0.953. The summed E-state index contributed by atoms with van der Waals surface area (Å²) in [5.74, 6) is 1.09. The topological polar surface area (TPSA) is 116 Å². The van der Waals surface area contributed by atoms with Crippen LogP contribution in [0.4, 0.5) is 5.82 Å². The lowest BCUT2D eigenvalue weighted by Crippen LogP contribution is -1.91. The van der Waals surface area contributed by atoms with Crippen LogP contribution >= 0.6 is 0 Å². The van der Waals surface area contributed by atoms with Gasteiger partial charge in [-0.1, -0.05) is 0 Å². The van der Waals surface area contributed by atoms with Crippen molar-refractivity contribution in [2.45, 2.75) is 6.61 Å². The Balaban J connectivity index is 2.29. The molecule has 0 bridgehead atoms. The summed E-state index contributed by atoms with van der Waals surface area (Å²) in [7, 11) is 1.56. The maximum absolute atomic E-state index is 5.46. The third-order valence-corrected chi connectivity index (χ3v) is 1.54. The number of aromatic nitrogens is 5. The fourth-order valence-corrected chi connectivity index (χ4v) is 0.953. The summed E-state index contributed by atoms with van der Waals surface area (Å²) in [5.41, 5.74) is 5.79. The van der Waals surface area contributed by atoms with Crippen LogP contribution in [0.3, 0.4) is 0 Å². The van der Waals surface area contributed by atoms with E-state index in [1.807, 2.05) is 0 Å². The van der Waals surface area contributed by atoms with E-state index in [-0.39, 0.29) is 5.82 Å². The van der Waals surface area contributed by atoms with E-state index in [1.165, 1.54) is 0 Å². The maximum Gasteiger partial charge on any atom is 0.207 e. The minimum absolute atomic E-state index is 0.160. The van der Waals surface area contributed by atoms with Gasteiger partial charge in [-0.15, -0.1) is 0 Å². The maximum atomic E-state index is 5.46. The molecule has 2 aromatic rings. The number of nitrogens with zero attached hydrogens (tertiary/aromatic N) is 4. The molecule has 2 aromatic heterocycles. The van der Waals surface area contributed by atoms with Gasteiger partial charge in [0.25, 0.3) is 0 Å². The number of methoxy groups -OCH3 is 1. The Hall–Kier alpha value is -1.96. The first-order valence-corrected chi connectivity index (χ1v) is 3.80. The summed E-state index contributed by atoms with van der Waals surface area (Å²) in [6, 6.07) is 0. The molecule has 14 heavy (non-hydrogen) atoms. The lowest BCUT2D eigenvalue weighted by atomic mass is 10.4. The lowest BCUT2D eigenvalue weighted by Gasteiger charge is -1.88. The van der Waals surface area contributed by atoms with Gasteiger partial charge in [0.1, 0.15) is 6.61 Å². The van der Waals surface area contributed by atoms with Crippen molar-refractivity contribution < 1.29 is 9.37 Å². The van der Waals surface area contributed by atoms with Gasteiger partial charge in [0.2, 0.25) is 5.82 Å². The molecule has 0 atom stereocenters. The van der Waals surface area contributed by atoms with Crippen molar-refractivity contribution in [1.82, 2.24) is 25.5 Å². The number of aromatic amines is 1. The van der Waals surface area contributed by atoms with E-state index >= 15 is 0 Å². The second-order valence-corrected chi connectivity index (χ2v) is 2.54. The number of nitrogens with one attached hydrogen (secondary N) is 1. The lowest BCUT2D eigenvalue weighted by molar-refractivity contribution is 0.178. The van der Waals surface area contributed by atoms with Crippen molar-refractivity contribution in [1.29, 1.82) is 0 Å². The van der Waals surface area contributed by atoms with Crippen LogP contribution in [0.15, 0.2) is 4.63 Å². The summed E-state index contributed by atoms with van der Waals surface area (Å²) < 4.78 is 9.28. The van der Waals surface area contributed by atoms with Crippen LogP contribution in [-0.4, -0.2) is 32.6 Å². The van der Waals surface area contributed by atoms with Crippen molar-refractivity contribution in [2.24, 2.45) is 0 Å². The summed E-state index contributed by atoms with van der Waals surface area (Å²) >= 11 is 0. The average molecular weight is 196 g/mol. The number of nitrogen functional groups attached to an aromatic ring is 1. The first-order chi connectivity index (χ1) is 6.81. The van der Waals surface area contributed by atoms with E-state index < -0.39 is 0 Å². The summed E-state index contributed by atoms with van der Waals surface area (Å²) in [4.78, 5) is 4.07. The first-order valence-electron chi connectivity index (χ1n) is 3.80. The number of nitrogens with two attached hydrogens (primary N) is 1. The monoisotopic (exact) mass is 196 g/mol. The third-order valence-electron chi connectivity index (χ3n) is 1.54. The van der Waals surface area contributed by atoms with Gasteiger partial charge in [0, 0.05) is 7.11 Å². The molecule has 0 aliphatic heterocycles. The van der Waals surface area contributed by atoms with E-state index in [9.17, 15) is 0 Å². The second kappa shape index (κ2) is 3.42. The third kappa shape index (κ3) is 1.42. The van der Waals surface area contributed by atoms with Crippen molar-refractivity contribution in [3.8, 4) is 11.5 Å². The standard InChI is InChI=1S/C6H8N6O2/c1-13-2-3-8-6(10-9-3)4-5(7)12-14-11-4/h2H2,1H3,(H2,7,12)(H,8,9,10). The Morgan fingerprint density at radius 2 is 2.36 bits per heavy atom. The molecule has 74 valence electrons. The quantitative estimate of drug-likeness (QED) is 0.684. The van der Waals surface area contributed by atoms with Gasteiger partial charge >= 0.3 is 0 Å². The summed E-state index contributed by atoms with van der Waals surface area (Å²) in [5, 5.41) is 13.5. The van der Waals surface area contributed by atoms with Gasteiger partial charge in [-0.2, -0.15) is 5.10 Å². The highest BCUT2D eigenvalue weighted by Gasteiger charge is 2.14. The highest BCUT2D eigenvalue weighted by molar-refractivity contribution is 5.61. The van der Waals surface area contributed by atoms with Gasteiger partial charge in [0.15, 0.2) is 17.3 Å². The van der Waals surface area contributed by atoms with Crippen molar-refractivity contribution in [2.75, 3.05) is 12.8 Å². The molecule has 0 spiro atoms. The molecular formula is C6H8N6O2. The fraction of sp³-hybridized carbons (Fsp3) is 0.333. The molecule has 0 saturated carbocycles. The molecule has 0 fully saturated rings. The number of hydrogen-bond donors (Lipinski definition) is 2.